The van der Waals surface area contributed by atoms with E-state index in [1.807, 2.05) is 11.9 Å². The van der Waals surface area contributed by atoms with E-state index < -0.39 is 5.97 Å². The Morgan fingerprint density at radius 1 is 1.28 bits per heavy atom. The Kier molecular flexibility index (Phi) is 5.32. The molecule has 1 N–H and O–H groups in total. The molecule has 0 unspecified atom stereocenters. The van der Waals surface area contributed by atoms with Gasteiger partial charge in [-0.3, -0.25) is 4.79 Å². The number of benzene rings is 1. The maximum Gasteiger partial charge on any atom is 0.335 e. The zero-order chi connectivity index (χ0) is 13.5. The van der Waals surface area contributed by atoms with Gasteiger partial charge in [0.05, 0.1) is 19.1 Å². The highest BCUT2D eigenvalue weighted by atomic mass is 16.5. The summed E-state index contributed by atoms with van der Waals surface area (Å²) in [4.78, 5) is 23.6. The minimum absolute atomic E-state index is 0.233. The van der Waals surface area contributed by atoms with Crippen LogP contribution in [0.3, 0.4) is 0 Å². The molecule has 0 amide bonds. The molecule has 1 aromatic carbocycles. The molecule has 0 fully saturated rings. The van der Waals surface area contributed by atoms with Gasteiger partial charge >= 0.3 is 11.9 Å². The van der Waals surface area contributed by atoms with Crippen LogP contribution in [0.4, 0.5) is 0 Å². The van der Waals surface area contributed by atoms with E-state index in [4.69, 9.17) is 5.11 Å². The molecule has 0 saturated heterocycles. The van der Waals surface area contributed by atoms with Crippen LogP contribution in [-0.4, -0.2) is 42.6 Å². The monoisotopic (exact) mass is 251 g/mol. The highest BCUT2D eigenvalue weighted by Crippen LogP contribution is 2.07. The van der Waals surface area contributed by atoms with Crippen molar-refractivity contribution in [3.05, 3.63) is 35.4 Å². The van der Waals surface area contributed by atoms with Gasteiger partial charge in [-0.15, -0.1) is 0 Å². The average Bonchev–Trinajstić information content (AvgIpc) is 2.36. The molecule has 1 rings (SSSR count). The van der Waals surface area contributed by atoms with Gasteiger partial charge in [-0.2, -0.15) is 0 Å². The number of carboxylic acids is 1. The fourth-order valence-corrected chi connectivity index (χ4v) is 1.53. The van der Waals surface area contributed by atoms with Gasteiger partial charge in [0.15, 0.2) is 0 Å². The van der Waals surface area contributed by atoms with Crippen LogP contribution in [0.15, 0.2) is 24.3 Å². The number of hydrogen-bond acceptors (Lipinski definition) is 4. The maximum absolute atomic E-state index is 11.0. The number of carbonyl (C=O) groups excluding carboxylic acids is 1. The Morgan fingerprint density at radius 2 is 1.89 bits per heavy atom. The van der Waals surface area contributed by atoms with Gasteiger partial charge in [-0.1, -0.05) is 12.1 Å². The van der Waals surface area contributed by atoms with E-state index in [-0.39, 0.29) is 11.5 Å². The molecule has 98 valence electrons. The third-order valence-corrected chi connectivity index (χ3v) is 2.58. The summed E-state index contributed by atoms with van der Waals surface area (Å²) in [6.45, 7) is 1.27. The first kappa shape index (κ1) is 14.2. The molecule has 0 atom stereocenters. The quantitative estimate of drug-likeness (QED) is 0.774. The van der Waals surface area contributed by atoms with Gasteiger partial charge in [-0.05, 0) is 24.7 Å². The Balaban J connectivity index is 2.46. The molecule has 5 heteroatoms. The number of ether oxygens (including phenoxy) is 1. The second-order valence-corrected chi connectivity index (χ2v) is 4.07. The van der Waals surface area contributed by atoms with Crippen molar-refractivity contribution in [3.8, 4) is 0 Å². The summed E-state index contributed by atoms with van der Waals surface area (Å²) in [5.41, 5.74) is 1.28. The number of carboxylic acid groups (broad SMARTS) is 1. The summed E-state index contributed by atoms with van der Waals surface area (Å²) in [6.07, 6.45) is 0.347. The summed E-state index contributed by atoms with van der Waals surface area (Å²) in [6, 6.07) is 6.70. The van der Waals surface area contributed by atoms with Crippen LogP contribution in [0.25, 0.3) is 0 Å². The van der Waals surface area contributed by atoms with Crippen molar-refractivity contribution < 1.29 is 19.4 Å². The van der Waals surface area contributed by atoms with Crippen molar-refractivity contribution in [2.75, 3.05) is 20.7 Å². The van der Waals surface area contributed by atoms with Crippen molar-refractivity contribution in [2.24, 2.45) is 0 Å². The van der Waals surface area contributed by atoms with Crippen LogP contribution in [0, 0.1) is 0 Å². The second-order valence-electron chi connectivity index (χ2n) is 4.07. The third-order valence-electron chi connectivity index (χ3n) is 2.58. The van der Waals surface area contributed by atoms with E-state index in [0.717, 1.165) is 5.56 Å². The first-order valence-electron chi connectivity index (χ1n) is 5.60. The molecular formula is C13H17NO4. The van der Waals surface area contributed by atoms with Crippen molar-refractivity contribution in [2.45, 2.75) is 13.0 Å². The third kappa shape index (κ3) is 4.55. The van der Waals surface area contributed by atoms with Crippen LogP contribution in [0.2, 0.25) is 0 Å². The lowest BCUT2D eigenvalue weighted by Crippen LogP contribution is -2.21. The van der Waals surface area contributed by atoms with Gasteiger partial charge in [-0.25, -0.2) is 4.79 Å². The van der Waals surface area contributed by atoms with Gasteiger partial charge in [0, 0.05) is 13.1 Å². The molecule has 0 spiro atoms. The number of aromatic carboxylic acids is 1. The SMILES string of the molecule is COC(=O)CCN(C)Cc1ccc(C(=O)O)cc1. The van der Waals surface area contributed by atoms with Gasteiger partial charge in [0.2, 0.25) is 0 Å². The molecule has 0 radical (unpaired) electrons. The lowest BCUT2D eigenvalue weighted by Gasteiger charge is -2.15. The van der Waals surface area contributed by atoms with Crippen molar-refractivity contribution in [3.63, 3.8) is 0 Å². The number of esters is 1. The predicted octanol–water partition coefficient (Wildman–Crippen LogP) is 1.38. The topological polar surface area (TPSA) is 66.8 Å². The molecule has 0 aliphatic rings. The maximum atomic E-state index is 11.0. The fourth-order valence-electron chi connectivity index (χ4n) is 1.53. The minimum atomic E-state index is -0.930. The zero-order valence-corrected chi connectivity index (χ0v) is 10.5. The van der Waals surface area contributed by atoms with E-state index in [2.05, 4.69) is 4.74 Å². The zero-order valence-electron chi connectivity index (χ0n) is 10.5. The smallest absolute Gasteiger partial charge is 0.335 e. The molecular weight excluding hydrogens is 234 g/mol. The molecule has 18 heavy (non-hydrogen) atoms. The highest BCUT2D eigenvalue weighted by Gasteiger charge is 2.06. The van der Waals surface area contributed by atoms with E-state index in [0.29, 0.717) is 19.5 Å². The summed E-state index contributed by atoms with van der Waals surface area (Å²) < 4.78 is 4.56. The lowest BCUT2D eigenvalue weighted by molar-refractivity contribution is -0.140. The Hall–Kier alpha value is -1.88. The van der Waals surface area contributed by atoms with E-state index in [9.17, 15) is 9.59 Å². The molecule has 1 aromatic rings. The van der Waals surface area contributed by atoms with Gasteiger partial charge < -0.3 is 14.7 Å². The number of hydrogen-bond donors (Lipinski definition) is 1. The Bertz CT molecular complexity index is 414. The number of rotatable bonds is 6. The van der Waals surface area contributed by atoms with Crippen LogP contribution in [-0.2, 0) is 16.1 Å². The van der Waals surface area contributed by atoms with E-state index >= 15 is 0 Å². The fraction of sp³-hybridized carbons (Fsp3) is 0.385. The van der Waals surface area contributed by atoms with Crippen LogP contribution < -0.4 is 0 Å². The minimum Gasteiger partial charge on any atom is -0.478 e. The largest absolute Gasteiger partial charge is 0.478 e. The first-order valence-corrected chi connectivity index (χ1v) is 5.60. The second kappa shape index (κ2) is 6.76. The van der Waals surface area contributed by atoms with Gasteiger partial charge in [0.1, 0.15) is 0 Å². The molecule has 0 saturated carbocycles. The van der Waals surface area contributed by atoms with Gasteiger partial charge in [0.25, 0.3) is 0 Å². The van der Waals surface area contributed by atoms with Crippen LogP contribution in [0.1, 0.15) is 22.3 Å². The molecule has 0 bridgehead atoms. The van der Waals surface area contributed by atoms with Crippen molar-refractivity contribution in [1.82, 2.24) is 4.90 Å². The molecule has 0 aliphatic heterocycles. The standard InChI is InChI=1S/C13H17NO4/c1-14(8-7-12(15)18-2)9-10-3-5-11(6-4-10)13(16)17/h3-6H,7-9H2,1-2H3,(H,16,17). The van der Waals surface area contributed by atoms with E-state index in [1.54, 1.807) is 24.3 Å². The Labute approximate surface area is 106 Å². The number of nitrogens with zero attached hydrogens (tertiary/aromatic N) is 1. The number of carbonyl (C=O) groups is 2. The first-order chi connectivity index (χ1) is 8.52. The summed E-state index contributed by atoms with van der Waals surface area (Å²) in [7, 11) is 3.26. The van der Waals surface area contributed by atoms with E-state index in [1.165, 1.54) is 7.11 Å². The lowest BCUT2D eigenvalue weighted by atomic mass is 10.1. The Morgan fingerprint density at radius 3 is 2.39 bits per heavy atom. The highest BCUT2D eigenvalue weighted by molar-refractivity contribution is 5.87. The number of methoxy groups -OCH3 is 1. The molecule has 0 aliphatic carbocycles. The summed E-state index contributed by atoms with van der Waals surface area (Å²) >= 11 is 0. The predicted molar refractivity (Wildman–Crippen MR) is 66.4 cm³/mol. The van der Waals surface area contributed by atoms with Crippen LogP contribution >= 0.6 is 0 Å². The van der Waals surface area contributed by atoms with Crippen molar-refractivity contribution >= 4 is 11.9 Å². The average molecular weight is 251 g/mol. The molecule has 0 aromatic heterocycles. The molecule has 0 heterocycles. The summed E-state index contributed by atoms with van der Waals surface area (Å²) in [5, 5.41) is 8.77. The summed E-state index contributed by atoms with van der Waals surface area (Å²) in [5.74, 6) is -1.16. The normalized spacial score (nSPS) is 10.4. The van der Waals surface area contributed by atoms with Crippen LogP contribution in [0.5, 0.6) is 0 Å². The molecule has 5 nitrogen and oxygen atoms in total. The van der Waals surface area contributed by atoms with Crippen molar-refractivity contribution in [1.29, 1.82) is 0 Å².